The molecular weight excluding hydrogens is 400 g/mol. The number of rotatable bonds is 4. The molecule has 0 fully saturated rings. The van der Waals surface area contributed by atoms with Gasteiger partial charge in [-0.1, -0.05) is 41.2 Å². The molecule has 1 aromatic carbocycles. The molecule has 0 spiro atoms. The summed E-state index contributed by atoms with van der Waals surface area (Å²) < 4.78 is 1.69. The highest BCUT2D eigenvalue weighted by atomic mass is 32.1. The molecule has 1 N–H and O–H groups in total. The van der Waals surface area contributed by atoms with E-state index in [0.29, 0.717) is 18.0 Å². The Morgan fingerprint density at radius 3 is 2.57 bits per heavy atom. The van der Waals surface area contributed by atoms with Crippen LogP contribution in [-0.4, -0.2) is 43.3 Å². The van der Waals surface area contributed by atoms with Crippen LogP contribution in [0.3, 0.4) is 0 Å². The molecule has 1 aliphatic rings. The molecule has 0 bridgehead atoms. The second kappa shape index (κ2) is 7.68. The molecule has 0 saturated carbocycles. The molecule has 0 saturated heterocycles. The monoisotopic (exact) mass is 424 g/mol. The van der Waals surface area contributed by atoms with Gasteiger partial charge in [-0.2, -0.15) is 0 Å². The lowest BCUT2D eigenvalue weighted by molar-refractivity contribution is 0.0608. The number of nitrogens with zero attached hydrogens (tertiary/aromatic N) is 4. The van der Waals surface area contributed by atoms with Gasteiger partial charge in [0.05, 0.1) is 5.56 Å². The summed E-state index contributed by atoms with van der Waals surface area (Å²) >= 11 is 1.32. The number of pyridine rings is 1. The molecule has 1 amide bonds. The summed E-state index contributed by atoms with van der Waals surface area (Å²) in [6.45, 7) is 8.35. The summed E-state index contributed by atoms with van der Waals surface area (Å²) in [5.41, 5.74) is 2.02. The highest BCUT2D eigenvalue weighted by Gasteiger charge is 2.34. The molecule has 1 unspecified atom stereocenters. The van der Waals surface area contributed by atoms with E-state index < -0.39 is 11.2 Å². The van der Waals surface area contributed by atoms with Crippen LogP contribution in [0.15, 0.2) is 35.3 Å². The maximum atomic E-state index is 12.9. The average molecular weight is 425 g/mol. The van der Waals surface area contributed by atoms with E-state index in [2.05, 4.69) is 10.2 Å². The van der Waals surface area contributed by atoms with Crippen molar-refractivity contribution in [3.63, 3.8) is 0 Å². The number of aryl methyl sites for hydroxylation is 1. The van der Waals surface area contributed by atoms with E-state index in [1.165, 1.54) is 16.9 Å². The first-order valence-corrected chi connectivity index (χ1v) is 10.7. The van der Waals surface area contributed by atoms with Gasteiger partial charge in [-0.15, -0.1) is 10.2 Å². The van der Waals surface area contributed by atoms with Crippen LogP contribution in [0.2, 0.25) is 0 Å². The number of benzene rings is 1. The van der Waals surface area contributed by atoms with E-state index in [1.807, 2.05) is 52.0 Å². The lowest BCUT2D eigenvalue weighted by Gasteiger charge is -2.37. The predicted molar refractivity (Wildman–Crippen MR) is 116 cm³/mol. The molecule has 3 heterocycles. The van der Waals surface area contributed by atoms with E-state index in [9.17, 15) is 14.7 Å². The minimum atomic E-state index is -0.592. The molecule has 7 nitrogen and oxygen atoms in total. The molecule has 0 radical (unpaired) electrons. The Kier molecular flexibility index (Phi) is 5.19. The molecular formula is C22H24N4O3S. The van der Waals surface area contributed by atoms with Crippen molar-refractivity contribution in [2.24, 2.45) is 0 Å². The maximum absolute atomic E-state index is 12.9. The van der Waals surface area contributed by atoms with Crippen LogP contribution in [0.25, 0.3) is 10.6 Å². The second-order valence-corrected chi connectivity index (χ2v) is 9.10. The van der Waals surface area contributed by atoms with Crippen molar-refractivity contribution >= 4 is 17.2 Å². The number of aromatic nitrogens is 3. The fraction of sp³-hybridized carbons (Fsp3) is 0.364. The number of carbonyl (C=O) groups excluding carboxylic acids is 1. The molecule has 8 heteroatoms. The van der Waals surface area contributed by atoms with Gasteiger partial charge in [0.15, 0.2) is 16.5 Å². The van der Waals surface area contributed by atoms with Crippen molar-refractivity contribution in [1.82, 2.24) is 19.7 Å². The molecule has 1 aliphatic heterocycles. The van der Waals surface area contributed by atoms with Crippen LogP contribution in [-0.2, 0) is 6.42 Å². The number of carbonyl (C=O) groups is 1. The molecule has 156 valence electrons. The second-order valence-electron chi connectivity index (χ2n) is 8.04. The largest absolute Gasteiger partial charge is 0.503 e. The summed E-state index contributed by atoms with van der Waals surface area (Å²) in [4.78, 5) is 27.4. The normalized spacial score (nSPS) is 16.2. The molecule has 4 rings (SSSR count). The van der Waals surface area contributed by atoms with Gasteiger partial charge in [0.1, 0.15) is 5.01 Å². The Balaban J connectivity index is 1.72. The van der Waals surface area contributed by atoms with Crippen molar-refractivity contribution in [2.45, 2.75) is 46.2 Å². The van der Waals surface area contributed by atoms with Crippen molar-refractivity contribution in [3.8, 4) is 16.3 Å². The minimum absolute atomic E-state index is 0.0182. The van der Waals surface area contributed by atoms with Gasteiger partial charge in [-0.05, 0) is 33.3 Å². The van der Waals surface area contributed by atoms with Crippen LogP contribution in [0.5, 0.6) is 5.75 Å². The predicted octanol–water partition coefficient (Wildman–Crippen LogP) is 3.40. The van der Waals surface area contributed by atoms with Gasteiger partial charge < -0.3 is 14.6 Å². The molecule has 1 atom stereocenters. The first kappa shape index (κ1) is 20.3. The first-order chi connectivity index (χ1) is 14.3. The van der Waals surface area contributed by atoms with Gasteiger partial charge in [0.25, 0.3) is 5.91 Å². The highest BCUT2D eigenvalue weighted by molar-refractivity contribution is 7.14. The third kappa shape index (κ3) is 3.52. The zero-order valence-corrected chi connectivity index (χ0v) is 18.2. The van der Waals surface area contributed by atoms with E-state index >= 15 is 0 Å². The van der Waals surface area contributed by atoms with E-state index in [0.717, 1.165) is 10.6 Å². The van der Waals surface area contributed by atoms with Gasteiger partial charge in [-0.3, -0.25) is 9.59 Å². The van der Waals surface area contributed by atoms with Crippen LogP contribution < -0.4 is 5.43 Å². The Morgan fingerprint density at radius 1 is 1.20 bits per heavy atom. The van der Waals surface area contributed by atoms with E-state index in [4.69, 9.17) is 0 Å². The number of hydrogen-bond acceptors (Lipinski definition) is 6. The lowest BCUT2D eigenvalue weighted by Crippen LogP contribution is -2.46. The van der Waals surface area contributed by atoms with Gasteiger partial charge >= 0.3 is 0 Å². The fourth-order valence-electron chi connectivity index (χ4n) is 3.68. The topological polar surface area (TPSA) is 88.3 Å². The molecule has 3 aromatic rings. The third-order valence-corrected chi connectivity index (χ3v) is 6.36. The van der Waals surface area contributed by atoms with E-state index in [1.54, 1.807) is 15.7 Å². The SMILES string of the molecule is Cc1ccc(Cc2nnc(-c3cn4c(c(O)c3=O)C(=O)N(C(C)C)CC4C)s2)cc1. The quantitative estimate of drug-likeness (QED) is 0.694. The Hall–Kier alpha value is -3.00. The Bertz CT molecular complexity index is 1160. The molecule has 30 heavy (non-hydrogen) atoms. The molecule has 2 aromatic heterocycles. The van der Waals surface area contributed by atoms with Gasteiger partial charge in [-0.25, -0.2) is 0 Å². The Morgan fingerprint density at radius 2 is 1.90 bits per heavy atom. The van der Waals surface area contributed by atoms with Gasteiger partial charge in [0, 0.05) is 31.2 Å². The van der Waals surface area contributed by atoms with Crippen molar-refractivity contribution in [2.75, 3.05) is 6.54 Å². The summed E-state index contributed by atoms with van der Waals surface area (Å²) in [5.74, 6) is -0.855. The first-order valence-electron chi connectivity index (χ1n) is 9.93. The zero-order valence-electron chi connectivity index (χ0n) is 17.4. The molecule has 0 aliphatic carbocycles. The zero-order chi connectivity index (χ0) is 21.6. The van der Waals surface area contributed by atoms with Crippen LogP contribution >= 0.6 is 11.3 Å². The van der Waals surface area contributed by atoms with Crippen LogP contribution in [0, 0.1) is 6.92 Å². The number of hydrogen-bond donors (Lipinski definition) is 1. The van der Waals surface area contributed by atoms with Crippen LogP contribution in [0.1, 0.15) is 53.4 Å². The number of amides is 1. The summed E-state index contributed by atoms with van der Waals surface area (Å²) in [6.07, 6.45) is 2.25. The fourth-order valence-corrected chi connectivity index (χ4v) is 4.56. The minimum Gasteiger partial charge on any atom is -0.503 e. The van der Waals surface area contributed by atoms with Crippen molar-refractivity contribution < 1.29 is 9.90 Å². The smallest absolute Gasteiger partial charge is 0.274 e. The lowest BCUT2D eigenvalue weighted by atomic mass is 10.1. The maximum Gasteiger partial charge on any atom is 0.274 e. The third-order valence-electron chi connectivity index (χ3n) is 5.41. The summed E-state index contributed by atoms with van der Waals surface area (Å²) in [7, 11) is 0. The van der Waals surface area contributed by atoms with Crippen molar-refractivity contribution in [1.29, 1.82) is 0 Å². The van der Waals surface area contributed by atoms with Crippen molar-refractivity contribution in [3.05, 3.63) is 62.5 Å². The summed E-state index contributed by atoms with van der Waals surface area (Å²) in [6, 6.07) is 8.09. The average Bonchev–Trinajstić information content (AvgIpc) is 3.16. The standard InChI is InChI=1S/C22H24N4O3S/c1-12(2)25-10-14(4)26-11-16(19(27)20(28)18(26)22(25)29)21-24-23-17(30-21)9-15-7-5-13(3)6-8-15/h5-8,11-12,14,28H,9-10H2,1-4H3. The highest BCUT2D eigenvalue weighted by Crippen LogP contribution is 2.31. The van der Waals surface area contributed by atoms with Gasteiger partial charge in [0.2, 0.25) is 5.43 Å². The van der Waals surface area contributed by atoms with E-state index in [-0.39, 0.29) is 29.2 Å². The van der Waals surface area contributed by atoms with Crippen LogP contribution in [0.4, 0.5) is 0 Å². The number of fused-ring (bicyclic) bond motifs is 1. The summed E-state index contributed by atoms with van der Waals surface area (Å²) in [5, 5.41) is 20.3. The number of aromatic hydroxyl groups is 1. The Labute approximate surface area is 178 Å².